The number of aryl methyl sites for hydroxylation is 1. The lowest BCUT2D eigenvalue weighted by atomic mass is 10.1. The van der Waals surface area contributed by atoms with E-state index in [1.807, 2.05) is 13.0 Å². The molecule has 0 radical (unpaired) electrons. The van der Waals surface area contributed by atoms with E-state index in [1.54, 1.807) is 26.0 Å². The second-order valence-corrected chi connectivity index (χ2v) is 6.13. The number of anilines is 1. The molecule has 0 saturated heterocycles. The van der Waals surface area contributed by atoms with Gasteiger partial charge in [0.05, 0.1) is 12.3 Å². The fraction of sp³-hybridized carbons (Fsp3) is 0.429. The Kier molecular flexibility index (Phi) is 6.02. The van der Waals surface area contributed by atoms with Gasteiger partial charge < -0.3 is 5.11 Å². The van der Waals surface area contributed by atoms with Crippen molar-refractivity contribution in [2.75, 3.05) is 11.3 Å². The molecule has 0 saturated carbocycles. The van der Waals surface area contributed by atoms with Crippen LogP contribution in [0.2, 0.25) is 0 Å². The van der Waals surface area contributed by atoms with Gasteiger partial charge in [-0.05, 0) is 38.5 Å². The number of benzene rings is 1. The van der Waals surface area contributed by atoms with Crippen LogP contribution >= 0.6 is 0 Å². The van der Waals surface area contributed by atoms with Gasteiger partial charge in [-0.15, -0.1) is 0 Å². The van der Waals surface area contributed by atoms with E-state index in [4.69, 9.17) is 5.11 Å². The zero-order chi connectivity index (χ0) is 15.2. The molecule has 0 spiro atoms. The Morgan fingerprint density at radius 3 is 2.65 bits per heavy atom. The molecule has 110 valence electrons. The molecule has 20 heavy (non-hydrogen) atoms. The molecular weight excluding hydrogens is 276 g/mol. The zero-order valence-corrected chi connectivity index (χ0v) is 12.7. The normalized spacial score (nSPS) is 11.1. The third-order valence-corrected chi connectivity index (χ3v) is 3.61. The van der Waals surface area contributed by atoms with E-state index < -0.39 is 10.2 Å². The first kappa shape index (κ1) is 16.5. The molecule has 6 heteroatoms. The third-order valence-electron chi connectivity index (χ3n) is 2.34. The molecule has 0 aliphatic heterocycles. The van der Waals surface area contributed by atoms with E-state index in [0.717, 1.165) is 5.56 Å². The van der Waals surface area contributed by atoms with E-state index in [2.05, 4.69) is 21.3 Å². The second kappa shape index (κ2) is 7.29. The first-order chi connectivity index (χ1) is 9.34. The predicted octanol–water partition coefficient (Wildman–Crippen LogP) is 1.38. The van der Waals surface area contributed by atoms with Gasteiger partial charge >= 0.3 is 0 Å². The second-order valence-electron chi connectivity index (χ2n) is 4.68. The van der Waals surface area contributed by atoms with Gasteiger partial charge in [0.1, 0.15) is 0 Å². The van der Waals surface area contributed by atoms with Gasteiger partial charge in [-0.1, -0.05) is 17.9 Å². The minimum Gasteiger partial charge on any atom is -0.395 e. The van der Waals surface area contributed by atoms with Crippen LogP contribution in [-0.2, 0) is 10.2 Å². The van der Waals surface area contributed by atoms with Crippen molar-refractivity contribution >= 4 is 15.9 Å². The van der Waals surface area contributed by atoms with Gasteiger partial charge in [-0.3, -0.25) is 4.72 Å². The monoisotopic (exact) mass is 296 g/mol. The summed E-state index contributed by atoms with van der Waals surface area (Å²) in [5, 5.41) is 8.68. The molecule has 0 heterocycles. The molecule has 0 aromatic heterocycles. The minimum absolute atomic E-state index is 0.0106. The smallest absolute Gasteiger partial charge is 0.299 e. The highest BCUT2D eigenvalue weighted by molar-refractivity contribution is 7.90. The van der Waals surface area contributed by atoms with Gasteiger partial charge in [-0.25, -0.2) is 0 Å². The standard InChI is InChI=1S/C14H20N2O3S/c1-11(2)15-20(18,19)16-14-10-13(6-4-5-9-17)8-7-12(14)3/h7-8,10-11,15-17H,5,9H2,1-3H3. The lowest BCUT2D eigenvalue weighted by Crippen LogP contribution is -2.35. The molecule has 3 N–H and O–H groups in total. The van der Waals surface area contributed by atoms with Crippen molar-refractivity contribution in [1.29, 1.82) is 0 Å². The summed E-state index contributed by atoms with van der Waals surface area (Å²) in [6.45, 7) is 5.33. The first-order valence-electron chi connectivity index (χ1n) is 6.34. The molecule has 0 amide bonds. The van der Waals surface area contributed by atoms with Crippen LogP contribution in [0.1, 0.15) is 31.4 Å². The Morgan fingerprint density at radius 1 is 1.35 bits per heavy atom. The van der Waals surface area contributed by atoms with Gasteiger partial charge in [0.25, 0.3) is 10.2 Å². The molecule has 0 aliphatic carbocycles. The van der Waals surface area contributed by atoms with E-state index in [9.17, 15) is 8.42 Å². The molecule has 0 aliphatic rings. The predicted molar refractivity (Wildman–Crippen MR) is 80.6 cm³/mol. The van der Waals surface area contributed by atoms with Crippen molar-refractivity contribution in [2.24, 2.45) is 0 Å². The maximum Gasteiger partial charge on any atom is 0.299 e. The number of nitrogens with one attached hydrogen (secondary N) is 2. The van der Waals surface area contributed by atoms with Crippen LogP contribution in [0, 0.1) is 18.8 Å². The third kappa shape index (κ3) is 5.61. The van der Waals surface area contributed by atoms with Crippen molar-refractivity contribution in [3.05, 3.63) is 29.3 Å². The molecule has 1 rings (SSSR count). The molecule has 1 aromatic carbocycles. The molecule has 5 nitrogen and oxygen atoms in total. The largest absolute Gasteiger partial charge is 0.395 e. The number of aliphatic hydroxyl groups is 1. The number of hydrogen-bond donors (Lipinski definition) is 3. The van der Waals surface area contributed by atoms with Crippen LogP contribution in [0.5, 0.6) is 0 Å². The maximum absolute atomic E-state index is 11.8. The summed E-state index contributed by atoms with van der Waals surface area (Å²) in [6, 6.07) is 5.11. The Bertz CT molecular complexity index is 613. The molecule has 0 unspecified atom stereocenters. The van der Waals surface area contributed by atoms with Crippen LogP contribution in [0.3, 0.4) is 0 Å². The average molecular weight is 296 g/mol. The highest BCUT2D eigenvalue weighted by atomic mass is 32.2. The van der Waals surface area contributed by atoms with Crippen LogP contribution in [0.15, 0.2) is 18.2 Å². The summed E-state index contributed by atoms with van der Waals surface area (Å²) < 4.78 is 28.6. The molecule has 0 atom stereocenters. The maximum atomic E-state index is 11.8. The van der Waals surface area contributed by atoms with E-state index in [1.165, 1.54) is 0 Å². The summed E-state index contributed by atoms with van der Waals surface area (Å²) in [6.07, 6.45) is 0.393. The highest BCUT2D eigenvalue weighted by Crippen LogP contribution is 2.17. The van der Waals surface area contributed by atoms with Gasteiger partial charge in [0, 0.05) is 18.0 Å². The Labute approximate surface area is 120 Å². The van der Waals surface area contributed by atoms with Gasteiger partial charge in [0.2, 0.25) is 0 Å². The summed E-state index contributed by atoms with van der Waals surface area (Å²) in [5.41, 5.74) is 2.01. The van der Waals surface area contributed by atoms with Crippen molar-refractivity contribution in [2.45, 2.75) is 33.2 Å². The number of aliphatic hydroxyl groups excluding tert-OH is 1. The fourth-order valence-corrected chi connectivity index (χ4v) is 2.70. The number of rotatable bonds is 5. The van der Waals surface area contributed by atoms with E-state index in [0.29, 0.717) is 17.7 Å². The van der Waals surface area contributed by atoms with Gasteiger partial charge in [-0.2, -0.15) is 13.1 Å². The average Bonchev–Trinajstić information content (AvgIpc) is 2.31. The van der Waals surface area contributed by atoms with Crippen molar-refractivity contribution in [1.82, 2.24) is 4.72 Å². The van der Waals surface area contributed by atoms with Crippen molar-refractivity contribution in [3.63, 3.8) is 0 Å². The highest BCUT2D eigenvalue weighted by Gasteiger charge is 2.12. The number of hydrogen-bond acceptors (Lipinski definition) is 3. The van der Waals surface area contributed by atoms with Gasteiger partial charge in [0.15, 0.2) is 0 Å². The van der Waals surface area contributed by atoms with Crippen LogP contribution < -0.4 is 9.44 Å². The summed E-state index contributed by atoms with van der Waals surface area (Å²) in [4.78, 5) is 0. The van der Waals surface area contributed by atoms with Crippen LogP contribution in [0.25, 0.3) is 0 Å². The summed E-state index contributed by atoms with van der Waals surface area (Å²) in [5.74, 6) is 5.67. The Morgan fingerprint density at radius 2 is 2.05 bits per heavy atom. The quantitative estimate of drug-likeness (QED) is 0.718. The van der Waals surface area contributed by atoms with Crippen molar-refractivity contribution < 1.29 is 13.5 Å². The first-order valence-corrected chi connectivity index (χ1v) is 7.83. The zero-order valence-electron chi connectivity index (χ0n) is 11.9. The Hall–Kier alpha value is -1.55. The molecule has 0 bridgehead atoms. The molecule has 1 aromatic rings. The van der Waals surface area contributed by atoms with Crippen LogP contribution in [-0.4, -0.2) is 26.2 Å². The summed E-state index contributed by atoms with van der Waals surface area (Å²) >= 11 is 0. The SMILES string of the molecule is Cc1ccc(C#CCCO)cc1NS(=O)(=O)NC(C)C. The summed E-state index contributed by atoms with van der Waals surface area (Å²) in [7, 11) is -3.59. The Balaban J connectivity index is 2.96. The lowest BCUT2D eigenvalue weighted by molar-refractivity contribution is 0.305. The fourth-order valence-electron chi connectivity index (χ4n) is 1.51. The molecular formula is C14H20N2O3S. The van der Waals surface area contributed by atoms with Crippen molar-refractivity contribution in [3.8, 4) is 11.8 Å². The topological polar surface area (TPSA) is 78.4 Å². The van der Waals surface area contributed by atoms with E-state index >= 15 is 0 Å². The van der Waals surface area contributed by atoms with E-state index in [-0.39, 0.29) is 12.6 Å². The minimum atomic E-state index is -3.59. The van der Waals surface area contributed by atoms with Crippen LogP contribution in [0.4, 0.5) is 5.69 Å². The molecule has 0 fully saturated rings. The lowest BCUT2D eigenvalue weighted by Gasteiger charge is -2.13.